The fourth-order valence-electron chi connectivity index (χ4n) is 4.41. The van der Waals surface area contributed by atoms with Gasteiger partial charge >= 0.3 is 0 Å². The minimum absolute atomic E-state index is 0.203. The fraction of sp³-hybridized carbons (Fsp3) is 0.565. The van der Waals surface area contributed by atoms with Gasteiger partial charge in [-0.25, -0.2) is 0 Å². The van der Waals surface area contributed by atoms with Crippen molar-refractivity contribution in [2.75, 3.05) is 13.7 Å². The topological polar surface area (TPSA) is 67.2 Å². The van der Waals surface area contributed by atoms with E-state index in [0.717, 1.165) is 42.7 Å². The van der Waals surface area contributed by atoms with Crippen molar-refractivity contribution in [3.05, 3.63) is 45.4 Å². The molecule has 3 rings (SSSR count). The van der Waals surface area contributed by atoms with Crippen LogP contribution in [-0.2, 0) is 6.42 Å². The first-order valence-corrected chi connectivity index (χ1v) is 9.98. The lowest BCUT2D eigenvalue weighted by Crippen LogP contribution is -2.45. The van der Waals surface area contributed by atoms with Gasteiger partial charge in [0, 0.05) is 41.7 Å². The number of hydrogen-bond donors (Lipinski definition) is 0. The molecule has 2 atom stereocenters. The highest BCUT2D eigenvalue weighted by Gasteiger charge is 2.45. The first-order valence-electron chi connectivity index (χ1n) is 9.98. The molecule has 0 radical (unpaired) electrons. The molecule has 0 unspecified atom stereocenters. The van der Waals surface area contributed by atoms with Crippen molar-refractivity contribution in [3.63, 3.8) is 0 Å². The Balaban J connectivity index is 1.84. The Bertz CT molecular complexity index is 870. The van der Waals surface area contributed by atoms with Crippen LogP contribution in [0.3, 0.4) is 0 Å². The fourth-order valence-corrected chi connectivity index (χ4v) is 4.41. The average Bonchev–Trinajstić information content (AvgIpc) is 2.65. The molecule has 0 fully saturated rings. The zero-order valence-corrected chi connectivity index (χ0v) is 17.3. The normalized spacial score (nSPS) is 21.6. The third-order valence-corrected chi connectivity index (χ3v) is 5.81. The summed E-state index contributed by atoms with van der Waals surface area (Å²) >= 11 is 0. The van der Waals surface area contributed by atoms with Gasteiger partial charge in [-0.3, -0.25) is 0 Å². The van der Waals surface area contributed by atoms with Gasteiger partial charge in [0.25, 0.3) is 0 Å². The highest BCUT2D eigenvalue weighted by molar-refractivity contribution is 5.53. The van der Waals surface area contributed by atoms with Crippen LogP contribution >= 0.6 is 0 Å². The molecule has 28 heavy (non-hydrogen) atoms. The largest absolute Gasteiger partial charge is 0.496 e. The minimum atomic E-state index is -0.203. The molecular weight excluding hydrogens is 350 g/mol. The van der Waals surface area contributed by atoms with Crippen LogP contribution in [0.15, 0.2) is 28.9 Å². The number of unbranched alkanes of at least 4 members (excludes halogenated alkanes) is 1. The lowest BCUT2D eigenvalue weighted by atomic mass is 9.67. The summed E-state index contributed by atoms with van der Waals surface area (Å²) in [5.41, 5.74) is 11.8. The van der Waals surface area contributed by atoms with Gasteiger partial charge in [-0.2, -0.15) is 0 Å². The Morgan fingerprint density at radius 3 is 2.93 bits per heavy atom. The van der Waals surface area contributed by atoms with Gasteiger partial charge in [-0.05, 0) is 63.3 Å². The molecule has 0 amide bonds. The van der Waals surface area contributed by atoms with Crippen LogP contribution in [0.1, 0.15) is 63.5 Å². The van der Waals surface area contributed by atoms with E-state index >= 15 is 0 Å². The van der Waals surface area contributed by atoms with E-state index in [9.17, 15) is 0 Å². The number of hydrogen-bond acceptors (Lipinski definition) is 3. The quantitative estimate of drug-likeness (QED) is 0.159. The third kappa shape index (κ3) is 4.29. The molecule has 1 aromatic carbocycles. The van der Waals surface area contributed by atoms with Crippen LogP contribution < -0.4 is 9.47 Å². The standard InChI is InChI=1S/C23H29N3O2/c1-16-10-11-19-18(13-16)22-20(27-4)14-17(15-21(22)28-23(19,2)3)9-7-5-6-8-12-25-26-24/h10,14-15,18-19H,6,8-9,11-13H2,1-4H3/t18-,19-/m1/s1. The maximum atomic E-state index is 8.28. The van der Waals surface area contributed by atoms with E-state index < -0.39 is 0 Å². The number of benzene rings is 1. The number of azide groups is 1. The predicted molar refractivity (Wildman–Crippen MR) is 112 cm³/mol. The summed E-state index contributed by atoms with van der Waals surface area (Å²) in [6.07, 6.45) is 6.65. The van der Waals surface area contributed by atoms with Crippen LogP contribution in [0.5, 0.6) is 11.5 Å². The van der Waals surface area contributed by atoms with Crippen molar-refractivity contribution in [1.82, 2.24) is 0 Å². The molecule has 5 heteroatoms. The average molecular weight is 380 g/mol. The summed E-state index contributed by atoms with van der Waals surface area (Å²) in [5, 5.41) is 3.53. The molecule has 2 aliphatic rings. The van der Waals surface area contributed by atoms with Crippen LogP contribution in [0.25, 0.3) is 10.4 Å². The van der Waals surface area contributed by atoms with Gasteiger partial charge in [-0.1, -0.05) is 22.7 Å². The van der Waals surface area contributed by atoms with E-state index in [1.807, 2.05) is 0 Å². The minimum Gasteiger partial charge on any atom is -0.496 e. The van der Waals surface area contributed by atoms with E-state index in [4.69, 9.17) is 15.0 Å². The molecule has 1 aliphatic carbocycles. The smallest absolute Gasteiger partial charge is 0.127 e. The van der Waals surface area contributed by atoms with Crippen molar-refractivity contribution < 1.29 is 9.47 Å². The second-order valence-corrected chi connectivity index (χ2v) is 8.21. The Kier molecular flexibility index (Phi) is 6.21. The molecule has 0 spiro atoms. The van der Waals surface area contributed by atoms with Gasteiger partial charge in [0.05, 0.1) is 7.11 Å². The molecular formula is C23H29N3O2. The van der Waals surface area contributed by atoms with Crippen LogP contribution in [-0.4, -0.2) is 19.3 Å². The summed E-state index contributed by atoms with van der Waals surface area (Å²) in [6.45, 7) is 7.11. The number of fused-ring (bicyclic) bond motifs is 3. The van der Waals surface area contributed by atoms with Gasteiger partial charge < -0.3 is 9.47 Å². The van der Waals surface area contributed by atoms with E-state index in [1.165, 1.54) is 11.1 Å². The summed E-state index contributed by atoms with van der Waals surface area (Å²) in [6, 6.07) is 4.25. The highest BCUT2D eigenvalue weighted by atomic mass is 16.5. The van der Waals surface area contributed by atoms with E-state index in [-0.39, 0.29) is 5.60 Å². The zero-order chi connectivity index (χ0) is 20.1. The number of allylic oxidation sites excluding steroid dienone is 2. The molecule has 0 bridgehead atoms. The third-order valence-electron chi connectivity index (χ3n) is 5.81. The van der Waals surface area contributed by atoms with Gasteiger partial charge in [0.2, 0.25) is 0 Å². The molecule has 0 aromatic heterocycles. The maximum Gasteiger partial charge on any atom is 0.127 e. The highest BCUT2D eigenvalue weighted by Crippen LogP contribution is 2.54. The van der Waals surface area contributed by atoms with E-state index in [2.05, 4.69) is 60.8 Å². The van der Waals surface area contributed by atoms with Crippen LogP contribution in [0, 0.1) is 17.8 Å². The Morgan fingerprint density at radius 2 is 2.18 bits per heavy atom. The van der Waals surface area contributed by atoms with Crippen molar-refractivity contribution in [2.45, 2.75) is 64.4 Å². The first-order chi connectivity index (χ1) is 13.5. The lowest BCUT2D eigenvalue weighted by molar-refractivity contribution is 0.00751. The first kappa shape index (κ1) is 20.2. The summed E-state index contributed by atoms with van der Waals surface area (Å²) in [5.74, 6) is 9.12. The van der Waals surface area contributed by atoms with Gasteiger partial charge in [0.1, 0.15) is 17.1 Å². The summed E-state index contributed by atoms with van der Waals surface area (Å²) in [4.78, 5) is 2.75. The molecule has 148 valence electrons. The van der Waals surface area contributed by atoms with Crippen LogP contribution in [0.4, 0.5) is 0 Å². The Hall–Kier alpha value is -2.57. The number of nitrogens with zero attached hydrogens (tertiary/aromatic N) is 3. The lowest BCUT2D eigenvalue weighted by Gasteiger charge is -2.47. The SMILES string of the molecule is COc1cc(CC#CCCCN=[N+]=[N-])cc2c1[C@@H]1CC(C)=CC[C@H]1C(C)(C)O2. The van der Waals surface area contributed by atoms with Crippen LogP contribution in [0.2, 0.25) is 0 Å². The molecule has 0 saturated heterocycles. The maximum absolute atomic E-state index is 8.28. The van der Waals surface area contributed by atoms with Gasteiger partial charge in [0.15, 0.2) is 0 Å². The number of methoxy groups -OCH3 is 1. The molecule has 1 heterocycles. The zero-order valence-electron chi connectivity index (χ0n) is 17.3. The molecule has 1 aromatic rings. The molecule has 5 nitrogen and oxygen atoms in total. The molecule has 1 aliphatic heterocycles. The van der Waals surface area contributed by atoms with E-state index in [1.54, 1.807) is 7.11 Å². The second-order valence-electron chi connectivity index (χ2n) is 8.21. The second kappa shape index (κ2) is 8.63. The molecule has 0 N–H and O–H groups in total. The van der Waals surface area contributed by atoms with Crippen molar-refractivity contribution in [1.29, 1.82) is 0 Å². The monoisotopic (exact) mass is 379 g/mol. The number of ether oxygens (including phenoxy) is 2. The van der Waals surface area contributed by atoms with E-state index in [0.29, 0.717) is 24.8 Å². The number of rotatable bonds is 5. The van der Waals surface area contributed by atoms with Crippen molar-refractivity contribution in [3.8, 4) is 23.3 Å². The van der Waals surface area contributed by atoms with Crippen molar-refractivity contribution >= 4 is 0 Å². The van der Waals surface area contributed by atoms with Gasteiger partial charge in [-0.15, -0.1) is 5.92 Å². The molecule has 0 saturated carbocycles. The van der Waals surface area contributed by atoms with Crippen molar-refractivity contribution in [2.24, 2.45) is 11.0 Å². The predicted octanol–water partition coefficient (Wildman–Crippen LogP) is 5.94. The Labute approximate surface area is 167 Å². The summed E-state index contributed by atoms with van der Waals surface area (Å²) < 4.78 is 12.3. The summed E-state index contributed by atoms with van der Waals surface area (Å²) in [7, 11) is 1.74. The Morgan fingerprint density at radius 1 is 1.36 bits per heavy atom.